The predicted molar refractivity (Wildman–Crippen MR) is 96.1 cm³/mol. The van der Waals surface area contributed by atoms with Crippen LogP contribution in [0.15, 0.2) is 35.2 Å². The van der Waals surface area contributed by atoms with E-state index in [0.29, 0.717) is 23.9 Å². The number of carbonyl (C=O) groups is 1. The molecule has 1 atom stereocenters. The van der Waals surface area contributed by atoms with Crippen LogP contribution < -0.4 is 5.32 Å². The molecular weight excluding hydrogens is 332 g/mol. The third-order valence-electron chi connectivity index (χ3n) is 4.68. The smallest absolute Gasteiger partial charge is 0.289 e. The molecule has 1 unspecified atom stereocenters. The van der Waals surface area contributed by atoms with Crippen LogP contribution in [0.3, 0.4) is 0 Å². The highest BCUT2D eigenvalue weighted by Gasteiger charge is 2.26. The number of nitrogens with one attached hydrogen (secondary N) is 1. The molecule has 26 heavy (non-hydrogen) atoms. The standard InChI is InChI=1S/C18H22N6O2/c1-12(2)14-9-15(17-21-19-11-24(17)22-14)20-13-5-3-7-23(10-13)18(25)16-6-4-8-26-16/h4,6,8-9,11-13,20H,3,5,7,10H2,1-2H3. The van der Waals surface area contributed by atoms with Gasteiger partial charge in [0.05, 0.1) is 17.6 Å². The van der Waals surface area contributed by atoms with Crippen molar-refractivity contribution in [2.75, 3.05) is 18.4 Å². The lowest BCUT2D eigenvalue weighted by Crippen LogP contribution is -2.45. The number of nitrogens with zero attached hydrogens (tertiary/aromatic N) is 5. The fraction of sp³-hybridized carbons (Fsp3) is 0.444. The van der Waals surface area contributed by atoms with E-state index in [0.717, 1.165) is 30.8 Å². The molecule has 0 spiro atoms. The molecule has 1 aliphatic rings. The number of aromatic nitrogens is 4. The lowest BCUT2D eigenvalue weighted by atomic mass is 10.0. The molecule has 3 aromatic heterocycles. The number of amides is 1. The minimum atomic E-state index is -0.0632. The molecule has 1 aliphatic heterocycles. The zero-order valence-corrected chi connectivity index (χ0v) is 14.9. The highest BCUT2D eigenvalue weighted by molar-refractivity contribution is 5.91. The monoisotopic (exact) mass is 354 g/mol. The highest BCUT2D eigenvalue weighted by Crippen LogP contribution is 2.23. The number of fused-ring (bicyclic) bond motifs is 1. The van der Waals surface area contributed by atoms with Crippen LogP contribution >= 0.6 is 0 Å². The van der Waals surface area contributed by atoms with Crippen molar-refractivity contribution in [2.45, 2.75) is 38.6 Å². The second-order valence-corrected chi connectivity index (χ2v) is 6.95. The van der Waals surface area contributed by atoms with Crippen molar-refractivity contribution in [1.82, 2.24) is 24.7 Å². The zero-order valence-electron chi connectivity index (χ0n) is 14.9. The van der Waals surface area contributed by atoms with Crippen LogP contribution in [0, 0.1) is 0 Å². The Bertz CT molecular complexity index is 902. The van der Waals surface area contributed by atoms with Gasteiger partial charge in [0.1, 0.15) is 6.33 Å². The molecule has 0 radical (unpaired) electrons. The van der Waals surface area contributed by atoms with Crippen LogP contribution in [-0.2, 0) is 0 Å². The summed E-state index contributed by atoms with van der Waals surface area (Å²) in [5.41, 5.74) is 2.57. The summed E-state index contributed by atoms with van der Waals surface area (Å²) in [5.74, 6) is 0.619. The molecule has 8 heteroatoms. The molecule has 1 saturated heterocycles. The maximum absolute atomic E-state index is 12.5. The summed E-state index contributed by atoms with van der Waals surface area (Å²) in [4.78, 5) is 14.4. The van der Waals surface area contributed by atoms with Gasteiger partial charge in [-0.15, -0.1) is 10.2 Å². The van der Waals surface area contributed by atoms with E-state index in [1.54, 1.807) is 23.0 Å². The van der Waals surface area contributed by atoms with E-state index >= 15 is 0 Å². The topological polar surface area (TPSA) is 88.6 Å². The Kier molecular flexibility index (Phi) is 4.32. The average Bonchev–Trinajstić information content (AvgIpc) is 3.33. The van der Waals surface area contributed by atoms with E-state index in [1.807, 2.05) is 11.0 Å². The van der Waals surface area contributed by atoms with Crippen molar-refractivity contribution < 1.29 is 9.21 Å². The van der Waals surface area contributed by atoms with Crippen molar-refractivity contribution in [3.8, 4) is 0 Å². The van der Waals surface area contributed by atoms with Crippen LogP contribution in [0.25, 0.3) is 5.65 Å². The summed E-state index contributed by atoms with van der Waals surface area (Å²) >= 11 is 0. The van der Waals surface area contributed by atoms with Crippen molar-refractivity contribution >= 4 is 17.2 Å². The largest absolute Gasteiger partial charge is 0.459 e. The third-order valence-corrected chi connectivity index (χ3v) is 4.68. The van der Waals surface area contributed by atoms with Gasteiger partial charge in [-0.3, -0.25) is 4.79 Å². The first-order valence-electron chi connectivity index (χ1n) is 8.92. The van der Waals surface area contributed by atoms with Crippen molar-refractivity contribution in [3.05, 3.63) is 42.2 Å². The van der Waals surface area contributed by atoms with E-state index in [9.17, 15) is 4.79 Å². The lowest BCUT2D eigenvalue weighted by Gasteiger charge is -2.33. The summed E-state index contributed by atoms with van der Waals surface area (Å²) in [6, 6.07) is 5.61. The van der Waals surface area contributed by atoms with Gasteiger partial charge in [0, 0.05) is 19.1 Å². The molecule has 0 bridgehead atoms. The second kappa shape index (κ2) is 6.78. The van der Waals surface area contributed by atoms with Crippen LogP contribution in [0.4, 0.5) is 5.69 Å². The first-order chi connectivity index (χ1) is 12.6. The number of likely N-dealkylation sites (tertiary alicyclic amines) is 1. The number of carbonyl (C=O) groups excluding carboxylic acids is 1. The molecule has 1 fully saturated rings. The molecule has 0 aromatic carbocycles. The fourth-order valence-electron chi connectivity index (χ4n) is 3.29. The van der Waals surface area contributed by atoms with Gasteiger partial charge in [0.15, 0.2) is 5.76 Å². The van der Waals surface area contributed by atoms with Crippen LogP contribution in [0.2, 0.25) is 0 Å². The number of hydrogen-bond donors (Lipinski definition) is 1. The second-order valence-electron chi connectivity index (χ2n) is 6.95. The molecule has 4 heterocycles. The maximum atomic E-state index is 12.5. The predicted octanol–water partition coefficient (Wildman–Crippen LogP) is 2.56. The molecule has 0 saturated carbocycles. The first kappa shape index (κ1) is 16.6. The SMILES string of the molecule is CC(C)c1cc(NC2CCCN(C(=O)c3ccco3)C2)c2nncn2n1. The Balaban J connectivity index is 1.54. The van der Waals surface area contributed by atoms with E-state index < -0.39 is 0 Å². The van der Waals surface area contributed by atoms with Crippen LogP contribution in [0.5, 0.6) is 0 Å². The number of furan rings is 1. The minimum Gasteiger partial charge on any atom is -0.459 e. The van der Waals surface area contributed by atoms with Gasteiger partial charge in [-0.2, -0.15) is 9.61 Å². The molecule has 3 aromatic rings. The van der Waals surface area contributed by atoms with E-state index in [1.165, 1.54) is 6.26 Å². The summed E-state index contributed by atoms with van der Waals surface area (Å²) in [6.45, 7) is 5.57. The maximum Gasteiger partial charge on any atom is 0.289 e. The van der Waals surface area contributed by atoms with Gasteiger partial charge in [0.25, 0.3) is 5.91 Å². The number of anilines is 1. The summed E-state index contributed by atoms with van der Waals surface area (Å²) < 4.78 is 6.95. The third kappa shape index (κ3) is 3.14. The highest BCUT2D eigenvalue weighted by atomic mass is 16.3. The first-order valence-corrected chi connectivity index (χ1v) is 8.92. The van der Waals surface area contributed by atoms with Crippen molar-refractivity contribution in [2.24, 2.45) is 0 Å². The molecule has 1 amide bonds. The number of piperidine rings is 1. The van der Waals surface area contributed by atoms with Crippen molar-refractivity contribution in [3.63, 3.8) is 0 Å². The zero-order chi connectivity index (χ0) is 18.1. The molecule has 1 N–H and O–H groups in total. The van der Waals surface area contributed by atoms with Gasteiger partial charge >= 0.3 is 0 Å². The Morgan fingerprint density at radius 3 is 3.08 bits per heavy atom. The Labute approximate surface area is 151 Å². The van der Waals surface area contributed by atoms with Gasteiger partial charge in [-0.1, -0.05) is 13.8 Å². The summed E-state index contributed by atoms with van der Waals surface area (Å²) in [7, 11) is 0. The summed E-state index contributed by atoms with van der Waals surface area (Å²) in [6.07, 6.45) is 5.07. The van der Waals surface area contributed by atoms with E-state index in [4.69, 9.17) is 4.42 Å². The summed E-state index contributed by atoms with van der Waals surface area (Å²) in [5, 5.41) is 16.2. The Morgan fingerprint density at radius 1 is 1.42 bits per heavy atom. The van der Waals surface area contributed by atoms with Gasteiger partial charge in [-0.25, -0.2) is 0 Å². The van der Waals surface area contributed by atoms with Gasteiger partial charge in [0.2, 0.25) is 5.65 Å². The normalized spacial score (nSPS) is 17.8. The molecule has 0 aliphatic carbocycles. The lowest BCUT2D eigenvalue weighted by molar-refractivity contribution is 0.0682. The molecular formula is C18H22N6O2. The van der Waals surface area contributed by atoms with Crippen LogP contribution in [0.1, 0.15) is 48.9 Å². The molecule has 8 nitrogen and oxygen atoms in total. The number of rotatable bonds is 4. The van der Waals surface area contributed by atoms with Crippen molar-refractivity contribution in [1.29, 1.82) is 0 Å². The van der Waals surface area contributed by atoms with Gasteiger partial charge < -0.3 is 14.6 Å². The van der Waals surface area contributed by atoms with Gasteiger partial charge in [-0.05, 0) is 37.0 Å². The molecule has 136 valence electrons. The minimum absolute atomic E-state index is 0.0632. The molecule has 4 rings (SSSR count). The Morgan fingerprint density at radius 2 is 2.31 bits per heavy atom. The van der Waals surface area contributed by atoms with E-state index in [-0.39, 0.29) is 11.9 Å². The van der Waals surface area contributed by atoms with E-state index in [2.05, 4.69) is 34.5 Å². The Hall–Kier alpha value is -2.90. The average molecular weight is 354 g/mol. The fourth-order valence-corrected chi connectivity index (χ4v) is 3.29. The quantitative estimate of drug-likeness (QED) is 0.775. The number of hydrogen-bond acceptors (Lipinski definition) is 6. The van der Waals surface area contributed by atoms with Crippen LogP contribution in [-0.4, -0.2) is 49.7 Å².